The van der Waals surface area contributed by atoms with Crippen molar-refractivity contribution in [1.82, 2.24) is 0 Å². The lowest BCUT2D eigenvalue weighted by molar-refractivity contribution is 0.236. The van der Waals surface area contributed by atoms with Crippen molar-refractivity contribution in [3.63, 3.8) is 0 Å². The van der Waals surface area contributed by atoms with E-state index in [9.17, 15) is 0 Å². The molecular formula is C61H104O4. The van der Waals surface area contributed by atoms with Gasteiger partial charge in [0.1, 0.15) is 11.5 Å². The molecule has 0 saturated carbocycles. The maximum Gasteiger partial charge on any atom is 0.126 e. The van der Waals surface area contributed by atoms with E-state index in [1.54, 1.807) is 0 Å². The Hall–Kier alpha value is -2.04. The largest absolute Gasteiger partial charge is 0.493 e. The highest BCUT2D eigenvalue weighted by Crippen LogP contribution is 2.51. The van der Waals surface area contributed by atoms with E-state index >= 15 is 0 Å². The number of ether oxygens (including phenoxy) is 4. The lowest BCUT2D eigenvalue weighted by Gasteiger charge is -2.39. The van der Waals surface area contributed by atoms with Crippen molar-refractivity contribution in [2.24, 2.45) is 33.5 Å². The topological polar surface area (TPSA) is 43.5 Å². The van der Waals surface area contributed by atoms with Crippen LogP contribution in [0.15, 0.2) is 24.3 Å². The summed E-state index contributed by atoms with van der Waals surface area (Å²) in [4.78, 5) is 0. The van der Waals surface area contributed by atoms with E-state index in [1.807, 2.05) is 0 Å². The first-order chi connectivity index (χ1) is 29.6. The Morgan fingerprint density at radius 2 is 0.692 bits per heavy atom. The first-order valence-corrected chi connectivity index (χ1v) is 26.4. The van der Waals surface area contributed by atoms with Crippen LogP contribution >= 0.6 is 0 Å². The molecule has 4 unspecified atom stereocenters. The maximum atomic E-state index is 7.23. The number of rotatable bonds is 24. The maximum absolute atomic E-state index is 7.23. The SMILES string of the molecule is CCC(CCCOc1c(C(C)(C)CC(C)(C)C)cc(Cc2cc(C(C)(C)CC(C)(C)C)c(OCCCC(CC)C3CO3)c(C(C)(C)CC(C)(C)C)c2)cc1C(C)(C)CC(C)(C)C)C1CO1. The summed E-state index contributed by atoms with van der Waals surface area (Å²) in [5.74, 6) is 3.51. The standard InChI is InChI=1S/C61H104O4/c1-23-44(50-36-64-50)27-25-29-62-52-46(58(15,16)38-54(3,4)5)32-42(33-47(52)59(17,18)39-55(6,7)8)31-43-34-48(60(19,20)40-56(9,10)11)53(49(35-43)61(21,22)41-57(12,13)14)63-30-26-28-45(24-2)51-37-65-51/h32-35,44-45,50-51H,23-31,36-41H2,1-22H3. The molecule has 2 aromatic carbocycles. The average Bonchev–Trinajstić information content (AvgIpc) is 4.03. The van der Waals surface area contributed by atoms with Crippen LogP contribution in [-0.4, -0.2) is 38.6 Å². The smallest absolute Gasteiger partial charge is 0.126 e. The zero-order chi connectivity index (χ0) is 49.2. The quantitative estimate of drug-likeness (QED) is 0.0778. The molecule has 2 heterocycles. The van der Waals surface area contributed by atoms with Crippen molar-refractivity contribution in [3.8, 4) is 11.5 Å². The first kappa shape index (κ1) is 55.6. The average molecular weight is 901 g/mol. The van der Waals surface area contributed by atoms with Gasteiger partial charge in [0.15, 0.2) is 0 Å². The van der Waals surface area contributed by atoms with Crippen LogP contribution in [0.3, 0.4) is 0 Å². The van der Waals surface area contributed by atoms with Crippen LogP contribution < -0.4 is 9.47 Å². The molecule has 2 aliphatic rings. The molecule has 2 fully saturated rings. The van der Waals surface area contributed by atoms with E-state index in [-0.39, 0.29) is 43.3 Å². The molecule has 4 rings (SSSR count). The van der Waals surface area contributed by atoms with Crippen molar-refractivity contribution >= 4 is 0 Å². The van der Waals surface area contributed by atoms with Gasteiger partial charge in [0, 0.05) is 22.3 Å². The van der Waals surface area contributed by atoms with E-state index in [0.717, 1.165) is 95.7 Å². The van der Waals surface area contributed by atoms with Gasteiger partial charge in [-0.25, -0.2) is 0 Å². The van der Waals surface area contributed by atoms with Crippen LogP contribution in [0.2, 0.25) is 0 Å². The monoisotopic (exact) mass is 901 g/mol. The number of hydrogen-bond donors (Lipinski definition) is 0. The minimum Gasteiger partial charge on any atom is -0.493 e. The lowest BCUT2D eigenvalue weighted by Crippen LogP contribution is -2.30. The summed E-state index contributed by atoms with van der Waals surface area (Å²) in [6.07, 6.45) is 12.7. The van der Waals surface area contributed by atoms with Gasteiger partial charge in [-0.1, -0.05) is 189 Å². The van der Waals surface area contributed by atoms with Crippen LogP contribution in [0.5, 0.6) is 11.5 Å². The van der Waals surface area contributed by atoms with Gasteiger partial charge in [-0.2, -0.15) is 0 Å². The third-order valence-electron chi connectivity index (χ3n) is 14.3. The third-order valence-corrected chi connectivity index (χ3v) is 14.3. The van der Waals surface area contributed by atoms with Gasteiger partial charge < -0.3 is 18.9 Å². The molecule has 4 nitrogen and oxygen atoms in total. The highest BCUT2D eigenvalue weighted by Gasteiger charge is 2.40. The Balaban J connectivity index is 1.96. The zero-order valence-electron chi connectivity index (χ0n) is 46.9. The van der Waals surface area contributed by atoms with E-state index in [2.05, 4.69) is 177 Å². The number of epoxide rings is 2. The summed E-state index contributed by atoms with van der Waals surface area (Å²) in [5.41, 5.74) is 8.38. The van der Waals surface area contributed by atoms with Gasteiger partial charge in [-0.05, 0) is 124 Å². The predicted octanol–water partition coefficient (Wildman–Crippen LogP) is 17.3. The van der Waals surface area contributed by atoms with Crippen LogP contribution in [0.25, 0.3) is 0 Å². The highest BCUT2D eigenvalue weighted by molar-refractivity contribution is 5.55. The zero-order valence-corrected chi connectivity index (χ0v) is 46.9. The van der Waals surface area contributed by atoms with Gasteiger partial charge in [0.25, 0.3) is 0 Å². The second-order valence-electron chi connectivity index (χ2n) is 28.8. The van der Waals surface area contributed by atoms with E-state index in [1.165, 1.54) is 46.2 Å². The predicted molar refractivity (Wildman–Crippen MR) is 281 cm³/mol. The molecule has 2 aliphatic heterocycles. The Morgan fingerprint density at radius 3 is 0.892 bits per heavy atom. The van der Waals surface area contributed by atoms with Gasteiger partial charge in [-0.15, -0.1) is 0 Å². The summed E-state index contributed by atoms with van der Waals surface area (Å²) in [7, 11) is 0. The van der Waals surface area contributed by atoms with Crippen LogP contribution in [0, 0.1) is 33.5 Å². The minimum absolute atomic E-state index is 0.107. The summed E-state index contributed by atoms with van der Waals surface area (Å²) in [6, 6.07) is 10.2. The fraction of sp³-hybridized carbons (Fsp3) is 0.803. The molecule has 0 amide bonds. The molecule has 0 bridgehead atoms. The van der Waals surface area contributed by atoms with Crippen molar-refractivity contribution in [2.75, 3.05) is 26.4 Å². The normalized spacial score (nSPS) is 18.7. The molecule has 4 heteroatoms. The fourth-order valence-corrected chi connectivity index (χ4v) is 12.8. The van der Waals surface area contributed by atoms with E-state index in [4.69, 9.17) is 18.9 Å². The van der Waals surface area contributed by atoms with E-state index in [0.29, 0.717) is 24.0 Å². The Morgan fingerprint density at radius 1 is 0.446 bits per heavy atom. The Labute approximate surface area is 403 Å². The lowest BCUT2D eigenvalue weighted by atomic mass is 9.67. The molecular weight excluding hydrogens is 797 g/mol. The molecule has 0 spiro atoms. The van der Waals surface area contributed by atoms with Gasteiger partial charge >= 0.3 is 0 Å². The molecule has 0 aromatic heterocycles. The number of benzene rings is 2. The van der Waals surface area contributed by atoms with E-state index < -0.39 is 0 Å². The van der Waals surface area contributed by atoms with Crippen molar-refractivity contribution in [3.05, 3.63) is 57.6 Å². The molecule has 0 radical (unpaired) electrons. The fourth-order valence-electron chi connectivity index (χ4n) is 12.8. The van der Waals surface area contributed by atoms with Crippen molar-refractivity contribution in [1.29, 1.82) is 0 Å². The second kappa shape index (κ2) is 20.9. The molecule has 0 N–H and O–H groups in total. The Kier molecular flexibility index (Phi) is 17.9. The minimum atomic E-state index is -0.107. The molecule has 372 valence electrons. The summed E-state index contributed by atoms with van der Waals surface area (Å²) in [5, 5.41) is 0. The van der Waals surface area contributed by atoms with Crippen LogP contribution in [-0.2, 0) is 37.6 Å². The summed E-state index contributed by atoms with van der Waals surface area (Å²) in [6.45, 7) is 56.4. The van der Waals surface area contributed by atoms with Gasteiger partial charge in [0.2, 0.25) is 0 Å². The highest BCUT2D eigenvalue weighted by atomic mass is 16.6. The molecule has 4 atom stereocenters. The molecule has 0 aliphatic carbocycles. The first-order valence-electron chi connectivity index (χ1n) is 26.4. The van der Waals surface area contributed by atoms with Crippen LogP contribution in [0.4, 0.5) is 0 Å². The third kappa shape index (κ3) is 17.2. The molecule has 65 heavy (non-hydrogen) atoms. The second-order valence-corrected chi connectivity index (χ2v) is 28.8. The van der Waals surface area contributed by atoms with Crippen LogP contribution in [0.1, 0.15) is 250 Å². The summed E-state index contributed by atoms with van der Waals surface area (Å²) >= 11 is 0. The molecule has 2 aromatic rings. The van der Waals surface area contributed by atoms with Gasteiger partial charge in [0.05, 0.1) is 38.6 Å². The Bertz CT molecular complexity index is 1590. The molecule has 2 saturated heterocycles. The summed E-state index contributed by atoms with van der Waals surface area (Å²) < 4.78 is 26.0. The van der Waals surface area contributed by atoms with Gasteiger partial charge in [-0.3, -0.25) is 0 Å². The van der Waals surface area contributed by atoms with Crippen molar-refractivity contribution in [2.45, 2.75) is 257 Å². The van der Waals surface area contributed by atoms with Crippen molar-refractivity contribution < 1.29 is 18.9 Å². The number of hydrogen-bond acceptors (Lipinski definition) is 4.